The maximum absolute atomic E-state index is 3.96. The molecule has 0 amide bonds. The molecule has 0 aliphatic rings. The summed E-state index contributed by atoms with van der Waals surface area (Å²) in [5, 5.41) is 2.37. The summed E-state index contributed by atoms with van der Waals surface area (Å²) in [6, 6.07) is 52.1. The van der Waals surface area contributed by atoms with Gasteiger partial charge in [0.25, 0.3) is 0 Å². The van der Waals surface area contributed by atoms with Crippen LogP contribution in [0.2, 0.25) is 0 Å². The zero-order valence-corrected chi connectivity index (χ0v) is 28.9. The van der Waals surface area contributed by atoms with Crippen molar-refractivity contribution in [2.24, 2.45) is 0 Å². The molecule has 0 fully saturated rings. The van der Waals surface area contributed by atoms with Crippen LogP contribution in [0, 0.1) is 6.92 Å². The number of rotatable bonds is 10. The van der Waals surface area contributed by atoms with Crippen molar-refractivity contribution in [3.8, 4) is 5.69 Å². The van der Waals surface area contributed by atoms with Gasteiger partial charge in [-0.25, -0.2) is 0 Å². The van der Waals surface area contributed by atoms with Crippen LogP contribution in [0.3, 0.4) is 0 Å². The van der Waals surface area contributed by atoms with Gasteiger partial charge in [0.2, 0.25) is 0 Å². The van der Waals surface area contributed by atoms with Crippen LogP contribution in [-0.4, -0.2) is 4.57 Å². The van der Waals surface area contributed by atoms with Crippen molar-refractivity contribution in [3.63, 3.8) is 0 Å². The van der Waals surface area contributed by atoms with Gasteiger partial charge >= 0.3 is 0 Å². The zero-order valence-electron chi connectivity index (χ0n) is 28.9. The minimum absolute atomic E-state index is 1.09. The second kappa shape index (κ2) is 14.4. The van der Waals surface area contributed by atoms with E-state index >= 15 is 0 Å². The lowest BCUT2D eigenvalue weighted by atomic mass is 10.1. The monoisotopic (exact) mass is 647 g/mol. The molecule has 0 aliphatic heterocycles. The minimum atomic E-state index is 1.09. The van der Waals surface area contributed by atoms with Gasteiger partial charge in [0, 0.05) is 50.5 Å². The van der Waals surface area contributed by atoms with Crippen LogP contribution >= 0.6 is 0 Å². The molecular formula is C47H41N3. The highest BCUT2D eigenvalue weighted by atomic mass is 15.2. The number of hydrogen-bond donors (Lipinski definition) is 0. The van der Waals surface area contributed by atoms with E-state index in [4.69, 9.17) is 0 Å². The molecule has 0 saturated carbocycles. The summed E-state index contributed by atoms with van der Waals surface area (Å²) in [5.41, 5.74) is 12.4. The first kappa shape index (κ1) is 32.2. The van der Waals surface area contributed by atoms with Crippen molar-refractivity contribution in [1.82, 2.24) is 4.57 Å². The number of benzene rings is 6. The van der Waals surface area contributed by atoms with Gasteiger partial charge in [-0.2, -0.15) is 0 Å². The van der Waals surface area contributed by atoms with Crippen LogP contribution in [0.5, 0.6) is 0 Å². The number of fused-ring (bicyclic) bond motifs is 3. The fraction of sp³-hybridized carbons (Fsp3) is 0.0638. The molecule has 0 atom stereocenters. The van der Waals surface area contributed by atoms with Gasteiger partial charge in [0.05, 0.1) is 16.7 Å². The van der Waals surface area contributed by atoms with E-state index < -0.39 is 0 Å². The quantitative estimate of drug-likeness (QED) is 0.137. The Balaban J connectivity index is 1.54. The number of anilines is 5. The molecule has 3 nitrogen and oxygen atoms in total. The molecule has 0 spiro atoms. The number of para-hydroxylation sites is 3. The standard InChI is InChI=1S/C47H41N3/c1-5-8-27-42-35(4)20-18-28-45(42)50-46-32-30-40(48(36(7-3)19-6-2)37-21-12-9-13-22-37)33-44(46)43-31-29-41(34-47(43)50)49(38-23-14-10-15-24-38)39-25-16-11-17-26-39/h5-34H,1H2,2-4H3/b19-6-,27-8-,36-7+. The van der Waals surface area contributed by atoms with E-state index in [1.165, 1.54) is 21.9 Å². The van der Waals surface area contributed by atoms with Crippen LogP contribution in [0.1, 0.15) is 25.0 Å². The van der Waals surface area contributed by atoms with Crippen LogP contribution in [0.4, 0.5) is 28.4 Å². The Morgan fingerprint density at radius 2 is 1.24 bits per heavy atom. The molecule has 6 aromatic carbocycles. The van der Waals surface area contributed by atoms with E-state index in [2.05, 4.69) is 212 Å². The first-order valence-corrected chi connectivity index (χ1v) is 17.1. The largest absolute Gasteiger partial charge is 0.311 e. The van der Waals surface area contributed by atoms with E-state index in [1.54, 1.807) is 0 Å². The van der Waals surface area contributed by atoms with Crippen LogP contribution < -0.4 is 9.80 Å². The SMILES string of the molecule is C=C/C=C\c1c(C)cccc1-n1c2ccc(N(C(/C=C\C)=C/C)c3ccccc3)cc2c2ccc(N(c3ccccc3)c3ccccc3)cc21. The van der Waals surface area contributed by atoms with Gasteiger partial charge < -0.3 is 14.4 Å². The molecule has 244 valence electrons. The summed E-state index contributed by atoms with van der Waals surface area (Å²) in [5.74, 6) is 0. The molecule has 7 rings (SSSR count). The van der Waals surface area contributed by atoms with Crippen molar-refractivity contribution in [2.75, 3.05) is 9.80 Å². The fourth-order valence-electron chi connectivity index (χ4n) is 6.87. The molecule has 7 aromatic rings. The summed E-state index contributed by atoms with van der Waals surface area (Å²) in [4.78, 5) is 4.66. The van der Waals surface area contributed by atoms with E-state index in [-0.39, 0.29) is 0 Å². The molecule has 0 saturated heterocycles. The summed E-state index contributed by atoms with van der Waals surface area (Å²) >= 11 is 0. The van der Waals surface area contributed by atoms with Crippen molar-refractivity contribution in [1.29, 1.82) is 0 Å². The maximum atomic E-state index is 3.96. The number of aryl methyl sites for hydroxylation is 1. The molecule has 50 heavy (non-hydrogen) atoms. The third kappa shape index (κ3) is 6.06. The second-order valence-electron chi connectivity index (χ2n) is 12.2. The Morgan fingerprint density at radius 1 is 0.600 bits per heavy atom. The fourth-order valence-corrected chi connectivity index (χ4v) is 6.87. The highest BCUT2D eigenvalue weighted by Gasteiger charge is 2.21. The van der Waals surface area contributed by atoms with Crippen molar-refractivity contribution < 1.29 is 0 Å². The molecular weight excluding hydrogens is 607 g/mol. The Kier molecular flexibility index (Phi) is 9.30. The van der Waals surface area contributed by atoms with Crippen LogP contribution in [-0.2, 0) is 0 Å². The number of hydrogen-bond acceptors (Lipinski definition) is 2. The van der Waals surface area contributed by atoms with Gasteiger partial charge in [-0.15, -0.1) is 0 Å². The molecule has 0 N–H and O–H groups in total. The topological polar surface area (TPSA) is 11.4 Å². The summed E-state index contributed by atoms with van der Waals surface area (Å²) in [6.07, 6.45) is 12.5. The van der Waals surface area contributed by atoms with Crippen molar-refractivity contribution in [3.05, 3.63) is 199 Å². The molecule has 0 bridgehead atoms. The normalized spacial score (nSPS) is 11.9. The van der Waals surface area contributed by atoms with E-state index in [0.29, 0.717) is 0 Å². The van der Waals surface area contributed by atoms with E-state index in [9.17, 15) is 0 Å². The van der Waals surface area contributed by atoms with Gasteiger partial charge in [0.1, 0.15) is 0 Å². The third-order valence-corrected chi connectivity index (χ3v) is 9.13. The van der Waals surface area contributed by atoms with Crippen molar-refractivity contribution >= 4 is 56.3 Å². The van der Waals surface area contributed by atoms with E-state index in [1.807, 2.05) is 12.2 Å². The lowest BCUT2D eigenvalue weighted by Gasteiger charge is -2.26. The first-order valence-electron chi connectivity index (χ1n) is 17.1. The number of nitrogens with zero attached hydrogens (tertiary/aromatic N) is 3. The van der Waals surface area contributed by atoms with Gasteiger partial charge in [-0.3, -0.25) is 0 Å². The number of allylic oxidation sites excluding steroid dienone is 5. The Bertz CT molecular complexity index is 2320. The van der Waals surface area contributed by atoms with Crippen LogP contribution in [0.25, 0.3) is 33.6 Å². The average Bonchev–Trinajstić information content (AvgIpc) is 3.48. The number of aromatic nitrogens is 1. The molecule has 0 radical (unpaired) electrons. The summed E-state index contributed by atoms with van der Waals surface area (Å²) in [6.45, 7) is 10.3. The molecule has 3 heteroatoms. The zero-order chi connectivity index (χ0) is 34.5. The predicted molar refractivity (Wildman–Crippen MR) is 217 cm³/mol. The Hall–Kier alpha value is -6.32. The van der Waals surface area contributed by atoms with Crippen molar-refractivity contribution in [2.45, 2.75) is 20.8 Å². The molecule has 1 aromatic heterocycles. The van der Waals surface area contributed by atoms with E-state index in [0.717, 1.165) is 50.9 Å². The second-order valence-corrected chi connectivity index (χ2v) is 12.2. The van der Waals surface area contributed by atoms with Gasteiger partial charge in [-0.05, 0) is 105 Å². The molecule has 1 heterocycles. The first-order chi connectivity index (χ1) is 24.6. The lowest BCUT2D eigenvalue weighted by Crippen LogP contribution is -2.15. The maximum Gasteiger partial charge on any atom is 0.0562 e. The molecule has 0 aliphatic carbocycles. The lowest BCUT2D eigenvalue weighted by molar-refractivity contribution is 1.16. The van der Waals surface area contributed by atoms with Gasteiger partial charge in [0.15, 0.2) is 0 Å². The Morgan fingerprint density at radius 3 is 1.86 bits per heavy atom. The smallest absolute Gasteiger partial charge is 0.0562 e. The Labute approximate surface area is 295 Å². The predicted octanol–water partition coefficient (Wildman–Crippen LogP) is 13.4. The summed E-state index contributed by atoms with van der Waals surface area (Å²) in [7, 11) is 0. The van der Waals surface area contributed by atoms with Gasteiger partial charge in [-0.1, -0.05) is 110 Å². The molecule has 0 unspecified atom stereocenters. The van der Waals surface area contributed by atoms with Crippen LogP contribution in [0.15, 0.2) is 188 Å². The third-order valence-electron chi connectivity index (χ3n) is 9.13. The highest BCUT2D eigenvalue weighted by Crippen LogP contribution is 2.42. The highest BCUT2D eigenvalue weighted by molar-refractivity contribution is 6.12. The minimum Gasteiger partial charge on any atom is -0.311 e. The summed E-state index contributed by atoms with van der Waals surface area (Å²) < 4.78 is 2.43. The average molecular weight is 648 g/mol.